The zero-order valence-electron chi connectivity index (χ0n) is 13.5. The molecule has 4 nitrogen and oxygen atoms in total. The summed E-state index contributed by atoms with van der Waals surface area (Å²) in [6, 6.07) is 10.7. The number of amides is 2. The minimum absolute atomic E-state index is 0.168. The molecule has 0 aromatic heterocycles. The standard InChI is InChI=1S/C18H18BrF2N3O/c19-14-3-6-17(16(21)11-14)22-18(25)24-9-7-23(8-10-24)12-13-1-4-15(20)5-2-13/h1-6,11H,7-10,12H2,(H,22,25). The Bertz CT molecular complexity index is 746. The fourth-order valence-corrected chi connectivity index (χ4v) is 3.08. The number of hydrogen-bond acceptors (Lipinski definition) is 2. The molecule has 0 spiro atoms. The van der Waals surface area contributed by atoms with Crippen molar-refractivity contribution < 1.29 is 13.6 Å². The minimum Gasteiger partial charge on any atom is -0.322 e. The highest BCUT2D eigenvalue weighted by Crippen LogP contribution is 2.20. The van der Waals surface area contributed by atoms with Gasteiger partial charge in [-0.1, -0.05) is 28.1 Å². The number of anilines is 1. The van der Waals surface area contributed by atoms with E-state index in [4.69, 9.17) is 0 Å². The molecule has 7 heteroatoms. The molecule has 0 bridgehead atoms. The number of urea groups is 1. The van der Waals surface area contributed by atoms with Gasteiger partial charge in [0.05, 0.1) is 5.69 Å². The number of nitrogens with one attached hydrogen (secondary N) is 1. The van der Waals surface area contributed by atoms with Crippen LogP contribution in [0.1, 0.15) is 5.56 Å². The average molecular weight is 410 g/mol. The molecule has 1 N–H and O–H groups in total. The second-order valence-electron chi connectivity index (χ2n) is 5.94. The third kappa shape index (κ3) is 4.76. The summed E-state index contributed by atoms with van der Waals surface area (Å²) < 4.78 is 27.4. The van der Waals surface area contributed by atoms with Crippen molar-refractivity contribution in [3.8, 4) is 0 Å². The van der Waals surface area contributed by atoms with Gasteiger partial charge in [0.2, 0.25) is 0 Å². The fraction of sp³-hybridized carbons (Fsp3) is 0.278. The zero-order chi connectivity index (χ0) is 17.8. The Morgan fingerprint density at radius 2 is 1.72 bits per heavy atom. The maximum absolute atomic E-state index is 13.8. The molecular formula is C18H18BrF2N3O. The van der Waals surface area contributed by atoms with Crippen LogP contribution in [0, 0.1) is 11.6 Å². The summed E-state index contributed by atoms with van der Waals surface area (Å²) in [5.41, 5.74) is 1.21. The summed E-state index contributed by atoms with van der Waals surface area (Å²) in [6.45, 7) is 3.27. The van der Waals surface area contributed by atoms with Gasteiger partial charge >= 0.3 is 6.03 Å². The van der Waals surface area contributed by atoms with Crippen molar-refractivity contribution >= 4 is 27.6 Å². The topological polar surface area (TPSA) is 35.6 Å². The number of nitrogens with zero attached hydrogens (tertiary/aromatic N) is 2. The van der Waals surface area contributed by atoms with Crippen molar-refractivity contribution in [1.82, 2.24) is 9.80 Å². The van der Waals surface area contributed by atoms with Crippen LogP contribution in [0.25, 0.3) is 0 Å². The third-order valence-electron chi connectivity index (χ3n) is 4.15. The highest BCUT2D eigenvalue weighted by atomic mass is 79.9. The molecule has 2 amide bonds. The van der Waals surface area contributed by atoms with E-state index in [1.807, 2.05) is 0 Å². The van der Waals surface area contributed by atoms with Crippen molar-refractivity contribution in [2.75, 3.05) is 31.5 Å². The van der Waals surface area contributed by atoms with Crippen LogP contribution in [0.4, 0.5) is 19.3 Å². The van der Waals surface area contributed by atoms with Crippen LogP contribution < -0.4 is 5.32 Å². The van der Waals surface area contributed by atoms with Gasteiger partial charge in [-0.3, -0.25) is 4.90 Å². The Balaban J connectivity index is 1.51. The van der Waals surface area contributed by atoms with Gasteiger partial charge in [-0.25, -0.2) is 13.6 Å². The van der Waals surface area contributed by atoms with Crippen molar-refractivity contribution in [1.29, 1.82) is 0 Å². The first-order valence-electron chi connectivity index (χ1n) is 7.99. The van der Waals surface area contributed by atoms with Crippen molar-refractivity contribution in [3.63, 3.8) is 0 Å². The monoisotopic (exact) mass is 409 g/mol. The Morgan fingerprint density at radius 1 is 1.04 bits per heavy atom. The molecule has 1 heterocycles. The van der Waals surface area contributed by atoms with Crippen LogP contribution in [-0.2, 0) is 6.54 Å². The molecule has 1 aliphatic rings. The largest absolute Gasteiger partial charge is 0.322 e. The quantitative estimate of drug-likeness (QED) is 0.828. The van der Waals surface area contributed by atoms with Crippen LogP contribution in [0.5, 0.6) is 0 Å². The summed E-state index contributed by atoms with van der Waals surface area (Å²) in [5, 5.41) is 2.61. The first-order valence-corrected chi connectivity index (χ1v) is 8.78. The number of piperazine rings is 1. The van der Waals surface area contributed by atoms with Gasteiger partial charge in [0.1, 0.15) is 11.6 Å². The van der Waals surface area contributed by atoms with E-state index in [0.29, 0.717) is 30.7 Å². The molecule has 0 atom stereocenters. The average Bonchev–Trinajstić information content (AvgIpc) is 2.60. The Hall–Kier alpha value is -1.99. The van der Waals surface area contributed by atoms with Crippen molar-refractivity contribution in [2.24, 2.45) is 0 Å². The molecule has 132 valence electrons. The first-order chi connectivity index (χ1) is 12.0. The number of benzene rings is 2. The fourth-order valence-electron chi connectivity index (χ4n) is 2.74. The second kappa shape index (κ2) is 7.93. The van der Waals surface area contributed by atoms with Crippen LogP contribution in [0.15, 0.2) is 46.9 Å². The highest BCUT2D eigenvalue weighted by molar-refractivity contribution is 9.10. The number of carbonyl (C=O) groups is 1. The molecule has 0 saturated carbocycles. The van der Waals surface area contributed by atoms with Gasteiger partial charge in [-0.15, -0.1) is 0 Å². The SMILES string of the molecule is O=C(Nc1ccc(Br)cc1F)N1CCN(Cc2ccc(F)cc2)CC1. The first kappa shape index (κ1) is 17.8. The molecule has 0 aliphatic carbocycles. The van der Waals surface area contributed by atoms with Gasteiger partial charge in [0, 0.05) is 37.2 Å². The van der Waals surface area contributed by atoms with Crippen LogP contribution in [-0.4, -0.2) is 42.0 Å². The minimum atomic E-state index is -0.474. The smallest absolute Gasteiger partial charge is 0.322 e. The van der Waals surface area contributed by atoms with E-state index in [0.717, 1.165) is 12.1 Å². The number of rotatable bonds is 3. The van der Waals surface area contributed by atoms with E-state index in [2.05, 4.69) is 26.1 Å². The number of carbonyl (C=O) groups excluding carboxylic acids is 1. The maximum atomic E-state index is 13.8. The van der Waals surface area contributed by atoms with E-state index in [1.54, 1.807) is 23.1 Å². The molecule has 25 heavy (non-hydrogen) atoms. The molecule has 2 aromatic rings. The lowest BCUT2D eigenvalue weighted by molar-refractivity contribution is 0.143. The highest BCUT2D eigenvalue weighted by Gasteiger charge is 2.21. The molecule has 1 saturated heterocycles. The van der Waals surface area contributed by atoms with Gasteiger partial charge < -0.3 is 10.2 Å². The maximum Gasteiger partial charge on any atom is 0.322 e. The molecule has 2 aromatic carbocycles. The van der Waals surface area contributed by atoms with Crippen molar-refractivity contribution in [2.45, 2.75) is 6.54 Å². The van der Waals surface area contributed by atoms with Gasteiger partial charge in [-0.2, -0.15) is 0 Å². The lowest BCUT2D eigenvalue weighted by Crippen LogP contribution is -2.49. The molecular weight excluding hydrogens is 392 g/mol. The summed E-state index contributed by atoms with van der Waals surface area (Å²) in [4.78, 5) is 16.2. The Kier molecular flexibility index (Phi) is 5.65. The lowest BCUT2D eigenvalue weighted by Gasteiger charge is -2.34. The second-order valence-corrected chi connectivity index (χ2v) is 6.86. The van der Waals surface area contributed by atoms with Crippen LogP contribution in [0.2, 0.25) is 0 Å². The van der Waals surface area contributed by atoms with E-state index in [9.17, 15) is 13.6 Å². The normalized spacial score (nSPS) is 15.2. The summed E-state index contributed by atoms with van der Waals surface area (Å²) in [6.07, 6.45) is 0. The third-order valence-corrected chi connectivity index (χ3v) is 4.64. The molecule has 1 fully saturated rings. The molecule has 0 radical (unpaired) electrons. The van der Waals surface area contributed by atoms with Crippen molar-refractivity contribution in [3.05, 3.63) is 64.1 Å². The van der Waals surface area contributed by atoms with Gasteiger partial charge in [-0.05, 0) is 35.9 Å². The lowest BCUT2D eigenvalue weighted by atomic mass is 10.2. The van der Waals surface area contributed by atoms with E-state index < -0.39 is 5.82 Å². The molecule has 3 rings (SSSR count). The van der Waals surface area contributed by atoms with E-state index in [-0.39, 0.29) is 17.5 Å². The van der Waals surface area contributed by atoms with E-state index >= 15 is 0 Å². The number of halogens is 3. The van der Waals surface area contributed by atoms with E-state index in [1.165, 1.54) is 24.3 Å². The summed E-state index contributed by atoms with van der Waals surface area (Å²) in [7, 11) is 0. The van der Waals surface area contributed by atoms with Gasteiger partial charge in [0.15, 0.2) is 0 Å². The predicted octanol–water partition coefficient (Wildman–Crippen LogP) is 4.08. The van der Waals surface area contributed by atoms with Crippen LogP contribution >= 0.6 is 15.9 Å². The summed E-state index contributed by atoms with van der Waals surface area (Å²) in [5.74, 6) is -0.719. The zero-order valence-corrected chi connectivity index (χ0v) is 15.1. The van der Waals surface area contributed by atoms with Crippen LogP contribution in [0.3, 0.4) is 0 Å². The number of hydrogen-bond donors (Lipinski definition) is 1. The molecule has 1 aliphatic heterocycles. The predicted molar refractivity (Wildman–Crippen MR) is 96.4 cm³/mol. The summed E-state index contributed by atoms with van der Waals surface area (Å²) >= 11 is 3.19. The Morgan fingerprint density at radius 3 is 2.36 bits per heavy atom. The Labute approximate surface area is 153 Å². The van der Waals surface area contributed by atoms with Gasteiger partial charge in [0.25, 0.3) is 0 Å². The molecule has 0 unspecified atom stereocenters.